The van der Waals surface area contributed by atoms with E-state index in [2.05, 4.69) is 23.9 Å². The number of hydrogen-bond acceptors (Lipinski definition) is 4. The van der Waals surface area contributed by atoms with Crippen molar-refractivity contribution in [3.05, 3.63) is 96.6 Å². The van der Waals surface area contributed by atoms with E-state index in [-0.39, 0.29) is 10.8 Å². The van der Waals surface area contributed by atoms with Gasteiger partial charge < -0.3 is 5.32 Å². The van der Waals surface area contributed by atoms with Gasteiger partial charge in [-0.05, 0) is 47.9 Å². The fourth-order valence-corrected chi connectivity index (χ4v) is 5.48. The Morgan fingerprint density at radius 1 is 0.818 bits per heavy atom. The Balaban J connectivity index is 1.52. The van der Waals surface area contributed by atoms with E-state index in [1.807, 2.05) is 54.6 Å². The first-order valence-electron chi connectivity index (χ1n) is 10.5. The lowest BCUT2D eigenvalue weighted by atomic mass is 10.1. The summed E-state index contributed by atoms with van der Waals surface area (Å²) in [5, 5.41) is 4.98. The van der Waals surface area contributed by atoms with Crippen molar-refractivity contribution in [3.8, 4) is 0 Å². The van der Waals surface area contributed by atoms with Gasteiger partial charge in [-0.15, -0.1) is 11.8 Å². The Hall–Kier alpha value is -3.29. The van der Waals surface area contributed by atoms with Crippen LogP contribution in [0, 0.1) is 0 Å². The maximum atomic E-state index is 12.9. The van der Waals surface area contributed by atoms with Crippen molar-refractivity contribution in [1.29, 1.82) is 0 Å². The average Bonchev–Trinajstić information content (AvgIpc) is 2.79. The third-order valence-corrected chi connectivity index (χ3v) is 7.41. The van der Waals surface area contributed by atoms with Crippen molar-refractivity contribution >= 4 is 49.8 Å². The third kappa shape index (κ3) is 5.38. The van der Waals surface area contributed by atoms with Crippen LogP contribution in [0.1, 0.15) is 24.2 Å². The van der Waals surface area contributed by atoms with E-state index in [1.54, 1.807) is 36.0 Å². The van der Waals surface area contributed by atoms with Crippen molar-refractivity contribution < 1.29 is 13.2 Å². The number of nitrogens with one attached hydrogen (secondary N) is 2. The summed E-state index contributed by atoms with van der Waals surface area (Å²) in [6.45, 7) is 4.15. The van der Waals surface area contributed by atoms with Gasteiger partial charge in [-0.25, -0.2) is 8.42 Å². The first-order chi connectivity index (χ1) is 15.8. The van der Waals surface area contributed by atoms with Crippen LogP contribution in [0.3, 0.4) is 0 Å². The minimum Gasteiger partial charge on any atom is -0.322 e. The molecule has 0 aliphatic heterocycles. The quantitative estimate of drug-likeness (QED) is 0.303. The summed E-state index contributed by atoms with van der Waals surface area (Å²) in [5.41, 5.74) is 1.63. The standard InChI is InChI=1S/C26H24N2O3S2/c1-18(2)32-25-13-6-5-11-23(25)26(29)27-20-14-16-21(17-15-20)33(30,31)28-24-12-7-9-19-8-3-4-10-22(19)24/h3-18,28H,1-2H3,(H,27,29). The number of sulfonamides is 1. The average molecular weight is 477 g/mol. The Morgan fingerprint density at radius 2 is 1.48 bits per heavy atom. The van der Waals surface area contributed by atoms with E-state index in [9.17, 15) is 13.2 Å². The molecule has 0 fully saturated rings. The van der Waals surface area contributed by atoms with Crippen LogP contribution in [-0.2, 0) is 10.0 Å². The molecule has 0 heterocycles. The summed E-state index contributed by atoms with van der Waals surface area (Å²) in [5.74, 6) is -0.233. The number of fused-ring (bicyclic) bond motifs is 1. The number of benzene rings is 4. The van der Waals surface area contributed by atoms with Crippen LogP contribution in [0.4, 0.5) is 11.4 Å². The van der Waals surface area contributed by atoms with Crippen LogP contribution in [0.2, 0.25) is 0 Å². The van der Waals surface area contributed by atoms with Crippen LogP contribution >= 0.6 is 11.8 Å². The molecule has 5 nitrogen and oxygen atoms in total. The van der Waals surface area contributed by atoms with Gasteiger partial charge in [0.25, 0.3) is 15.9 Å². The number of amides is 1. The lowest BCUT2D eigenvalue weighted by molar-refractivity contribution is 0.102. The van der Waals surface area contributed by atoms with Crippen LogP contribution < -0.4 is 10.0 Å². The largest absolute Gasteiger partial charge is 0.322 e. The maximum Gasteiger partial charge on any atom is 0.261 e. The molecule has 0 aliphatic carbocycles. The predicted molar refractivity (Wildman–Crippen MR) is 137 cm³/mol. The molecule has 0 saturated carbocycles. The van der Waals surface area contributed by atoms with E-state index in [1.165, 1.54) is 12.1 Å². The SMILES string of the molecule is CC(C)Sc1ccccc1C(=O)Nc1ccc(S(=O)(=O)Nc2cccc3ccccc23)cc1. The molecule has 4 aromatic rings. The second kappa shape index (κ2) is 9.68. The monoisotopic (exact) mass is 476 g/mol. The zero-order valence-electron chi connectivity index (χ0n) is 18.3. The molecule has 4 rings (SSSR count). The van der Waals surface area contributed by atoms with Crippen LogP contribution in [0.15, 0.2) is 101 Å². The van der Waals surface area contributed by atoms with E-state index in [0.29, 0.717) is 22.2 Å². The molecule has 0 radical (unpaired) electrons. The van der Waals surface area contributed by atoms with E-state index in [0.717, 1.165) is 15.7 Å². The molecule has 0 atom stereocenters. The number of thioether (sulfide) groups is 1. The molecule has 1 amide bonds. The van der Waals surface area contributed by atoms with E-state index >= 15 is 0 Å². The van der Waals surface area contributed by atoms with Gasteiger partial charge in [0.1, 0.15) is 0 Å². The highest BCUT2D eigenvalue weighted by Crippen LogP contribution is 2.28. The summed E-state index contributed by atoms with van der Waals surface area (Å²) in [7, 11) is -3.79. The number of hydrogen-bond donors (Lipinski definition) is 2. The van der Waals surface area contributed by atoms with Gasteiger partial charge in [0.15, 0.2) is 0 Å². The predicted octanol–water partition coefficient (Wildman–Crippen LogP) is 6.39. The van der Waals surface area contributed by atoms with Gasteiger partial charge in [0, 0.05) is 21.2 Å². The van der Waals surface area contributed by atoms with Crippen molar-refractivity contribution in [2.75, 3.05) is 10.0 Å². The second-order valence-electron chi connectivity index (χ2n) is 7.77. The van der Waals surface area contributed by atoms with Crippen LogP contribution in [0.25, 0.3) is 10.8 Å². The zero-order chi connectivity index (χ0) is 23.4. The number of anilines is 2. The molecule has 0 aromatic heterocycles. The van der Waals surface area contributed by atoms with Crippen molar-refractivity contribution in [2.24, 2.45) is 0 Å². The second-order valence-corrected chi connectivity index (χ2v) is 11.1. The minimum atomic E-state index is -3.79. The van der Waals surface area contributed by atoms with E-state index in [4.69, 9.17) is 0 Å². The lowest BCUT2D eigenvalue weighted by Crippen LogP contribution is -2.15. The molecular weight excluding hydrogens is 452 g/mol. The summed E-state index contributed by atoms with van der Waals surface area (Å²) >= 11 is 1.62. The summed E-state index contributed by atoms with van der Waals surface area (Å²) in [4.78, 5) is 13.8. The van der Waals surface area contributed by atoms with Crippen molar-refractivity contribution in [1.82, 2.24) is 0 Å². The molecule has 0 aliphatic rings. The van der Waals surface area contributed by atoms with Gasteiger partial charge in [-0.3, -0.25) is 9.52 Å². The zero-order valence-corrected chi connectivity index (χ0v) is 19.9. The first-order valence-corrected chi connectivity index (χ1v) is 12.9. The molecule has 33 heavy (non-hydrogen) atoms. The first kappa shape index (κ1) is 22.9. The van der Waals surface area contributed by atoms with Crippen molar-refractivity contribution in [3.63, 3.8) is 0 Å². The molecule has 0 unspecified atom stereocenters. The number of rotatable bonds is 7. The fourth-order valence-electron chi connectivity index (χ4n) is 3.44. The van der Waals surface area contributed by atoms with E-state index < -0.39 is 10.0 Å². The smallest absolute Gasteiger partial charge is 0.261 e. The number of carbonyl (C=O) groups excluding carboxylic acids is 1. The topological polar surface area (TPSA) is 75.3 Å². The van der Waals surface area contributed by atoms with Gasteiger partial charge in [-0.1, -0.05) is 62.4 Å². The molecule has 4 aromatic carbocycles. The molecule has 7 heteroatoms. The Kier molecular flexibility index (Phi) is 6.72. The highest BCUT2D eigenvalue weighted by molar-refractivity contribution is 8.00. The molecular formula is C26H24N2O3S2. The Morgan fingerprint density at radius 3 is 2.24 bits per heavy atom. The normalized spacial score (nSPS) is 11.5. The Bertz CT molecular complexity index is 1390. The Labute approximate surface area is 198 Å². The van der Waals surface area contributed by atoms with Gasteiger partial charge in [-0.2, -0.15) is 0 Å². The van der Waals surface area contributed by atoms with Crippen molar-refractivity contribution in [2.45, 2.75) is 28.9 Å². The molecule has 0 saturated heterocycles. The number of carbonyl (C=O) groups is 1. The lowest BCUT2D eigenvalue weighted by Gasteiger charge is -2.13. The molecule has 168 valence electrons. The maximum absolute atomic E-state index is 12.9. The summed E-state index contributed by atoms with van der Waals surface area (Å²) in [6, 6.07) is 26.7. The molecule has 0 bridgehead atoms. The molecule has 0 spiro atoms. The minimum absolute atomic E-state index is 0.115. The third-order valence-electron chi connectivity index (χ3n) is 4.95. The fraction of sp³-hybridized carbons (Fsp3) is 0.115. The van der Waals surface area contributed by atoms with Gasteiger partial charge in [0.05, 0.1) is 16.1 Å². The highest BCUT2D eigenvalue weighted by atomic mass is 32.2. The van der Waals surface area contributed by atoms with Crippen LogP contribution in [-0.4, -0.2) is 19.6 Å². The highest BCUT2D eigenvalue weighted by Gasteiger charge is 2.17. The van der Waals surface area contributed by atoms with Gasteiger partial charge >= 0.3 is 0 Å². The summed E-state index contributed by atoms with van der Waals surface area (Å²) in [6.07, 6.45) is 0. The molecule has 2 N–H and O–H groups in total. The summed E-state index contributed by atoms with van der Waals surface area (Å²) < 4.78 is 28.6. The van der Waals surface area contributed by atoms with Crippen LogP contribution in [0.5, 0.6) is 0 Å². The van der Waals surface area contributed by atoms with Gasteiger partial charge in [0.2, 0.25) is 0 Å².